The number of aromatic nitrogens is 6. The summed E-state index contributed by atoms with van der Waals surface area (Å²) in [6.45, 7) is 2.97. The third-order valence-corrected chi connectivity index (χ3v) is 9.09. The summed E-state index contributed by atoms with van der Waals surface area (Å²) in [4.78, 5) is 10.9. The van der Waals surface area contributed by atoms with Crippen LogP contribution in [0.5, 0.6) is 0 Å². The van der Waals surface area contributed by atoms with Gasteiger partial charge in [-0.25, -0.2) is 23.1 Å². The first-order valence-corrected chi connectivity index (χ1v) is 14.8. The molecule has 1 aliphatic heterocycles. The minimum Gasteiger partial charge on any atom is -0.356 e. The Morgan fingerprint density at radius 1 is 1.19 bits per heavy atom. The molecule has 0 radical (unpaired) electrons. The first-order chi connectivity index (χ1) is 17.8. The lowest BCUT2D eigenvalue weighted by Crippen LogP contribution is -2.40. The van der Waals surface area contributed by atoms with Crippen molar-refractivity contribution >= 4 is 52.6 Å². The molecule has 0 bridgehead atoms. The van der Waals surface area contributed by atoms with Crippen LogP contribution in [0.1, 0.15) is 23.6 Å². The zero-order valence-corrected chi connectivity index (χ0v) is 23.0. The molecule has 2 aromatic carbocycles. The van der Waals surface area contributed by atoms with Crippen molar-refractivity contribution in [2.45, 2.75) is 43.8 Å². The number of benzene rings is 2. The van der Waals surface area contributed by atoms with Gasteiger partial charge in [-0.15, -0.1) is 0 Å². The molecule has 0 spiro atoms. The molecule has 1 unspecified atom stereocenters. The lowest BCUT2D eigenvalue weighted by atomic mass is 10.1. The number of halogens is 1. The highest BCUT2D eigenvalue weighted by Crippen LogP contribution is 2.29. The summed E-state index contributed by atoms with van der Waals surface area (Å²) in [5.41, 5.74) is 3.31. The van der Waals surface area contributed by atoms with Crippen molar-refractivity contribution in [3.8, 4) is 5.69 Å². The third-order valence-electron chi connectivity index (χ3n) is 6.10. The van der Waals surface area contributed by atoms with Crippen LogP contribution >= 0.6 is 27.3 Å². The van der Waals surface area contributed by atoms with E-state index in [1.54, 1.807) is 29.2 Å². The number of sulfonamides is 1. The number of fused-ring (bicyclic) bond motifs is 2. The zero-order valence-electron chi connectivity index (χ0n) is 19.8. The maximum Gasteiger partial charge on any atom is 0.240 e. The highest BCUT2D eigenvalue weighted by Gasteiger charge is 2.25. The Kier molecular flexibility index (Phi) is 6.31. The molecule has 0 saturated heterocycles. The van der Waals surface area contributed by atoms with Gasteiger partial charge in [0.25, 0.3) is 0 Å². The Morgan fingerprint density at radius 3 is 2.95 bits per heavy atom. The number of thiazole rings is 1. The standard InChI is InChI=1S/C24H23BrN8O2S2/c1-15-13-32-14-17(5-8-23(32)28-15)31-37(34,35)20-6-7-21-22(10-20)36-24(29-21)26-11-18-12-27-33(30-18)19-4-2-3-16(25)9-19/h2-4,6-7,9-10,12-13,17,31H,5,8,11,14H2,1H3,(H,26,29). The van der Waals surface area contributed by atoms with E-state index in [0.717, 1.165) is 50.4 Å². The Hall–Kier alpha value is -3.13. The summed E-state index contributed by atoms with van der Waals surface area (Å²) in [5, 5.41) is 12.8. The van der Waals surface area contributed by atoms with E-state index in [0.29, 0.717) is 18.2 Å². The van der Waals surface area contributed by atoms with Crippen LogP contribution in [0.2, 0.25) is 0 Å². The predicted molar refractivity (Wildman–Crippen MR) is 145 cm³/mol. The van der Waals surface area contributed by atoms with Crippen LogP contribution in [-0.4, -0.2) is 44.0 Å². The van der Waals surface area contributed by atoms with Crippen LogP contribution in [0.25, 0.3) is 15.9 Å². The predicted octanol–water partition coefficient (Wildman–Crippen LogP) is 4.05. The van der Waals surface area contributed by atoms with Gasteiger partial charge >= 0.3 is 0 Å². The number of aryl methyl sites for hydroxylation is 2. The summed E-state index contributed by atoms with van der Waals surface area (Å²) in [5.74, 6) is 1.01. The first kappa shape index (κ1) is 24.2. The van der Waals surface area contributed by atoms with Crippen molar-refractivity contribution in [3.05, 3.63) is 76.5 Å². The van der Waals surface area contributed by atoms with E-state index < -0.39 is 10.0 Å². The third kappa shape index (κ3) is 5.17. The fourth-order valence-electron chi connectivity index (χ4n) is 4.38. The van der Waals surface area contributed by atoms with Gasteiger partial charge in [0.15, 0.2) is 5.13 Å². The fraction of sp³-hybridized carbons (Fsp3) is 0.250. The molecule has 3 aromatic heterocycles. The number of hydrogen-bond donors (Lipinski definition) is 2. The maximum absolute atomic E-state index is 13.1. The second kappa shape index (κ2) is 9.63. The summed E-state index contributed by atoms with van der Waals surface area (Å²) < 4.78 is 32.9. The van der Waals surface area contributed by atoms with Gasteiger partial charge in [-0.2, -0.15) is 15.0 Å². The fourth-order valence-corrected chi connectivity index (χ4v) is 7.03. The summed E-state index contributed by atoms with van der Waals surface area (Å²) in [6.07, 6.45) is 5.14. The van der Waals surface area contributed by atoms with Gasteiger partial charge in [-0.05, 0) is 49.7 Å². The highest BCUT2D eigenvalue weighted by atomic mass is 79.9. The molecular weight excluding hydrogens is 576 g/mol. The van der Waals surface area contributed by atoms with Crippen LogP contribution < -0.4 is 10.0 Å². The van der Waals surface area contributed by atoms with E-state index in [-0.39, 0.29) is 10.9 Å². The summed E-state index contributed by atoms with van der Waals surface area (Å²) >= 11 is 4.86. The lowest BCUT2D eigenvalue weighted by Gasteiger charge is -2.24. The summed E-state index contributed by atoms with van der Waals surface area (Å²) in [7, 11) is -3.67. The highest BCUT2D eigenvalue weighted by molar-refractivity contribution is 9.10. The quantitative estimate of drug-likeness (QED) is 0.290. The van der Waals surface area contributed by atoms with E-state index in [9.17, 15) is 8.42 Å². The molecule has 0 fully saturated rings. The van der Waals surface area contributed by atoms with Gasteiger partial charge in [-0.1, -0.05) is 33.3 Å². The van der Waals surface area contributed by atoms with Crippen molar-refractivity contribution in [1.29, 1.82) is 0 Å². The molecule has 190 valence electrons. The van der Waals surface area contributed by atoms with Gasteiger partial charge in [0.1, 0.15) is 11.5 Å². The topological polar surface area (TPSA) is 120 Å². The molecule has 5 aromatic rings. The largest absolute Gasteiger partial charge is 0.356 e. The molecule has 1 aliphatic rings. The van der Waals surface area contributed by atoms with Crippen LogP contribution in [0.4, 0.5) is 5.13 Å². The molecule has 10 nitrogen and oxygen atoms in total. The molecule has 2 N–H and O–H groups in total. The van der Waals surface area contributed by atoms with Crippen molar-refractivity contribution in [3.63, 3.8) is 0 Å². The van der Waals surface area contributed by atoms with Gasteiger partial charge in [0, 0.05) is 29.7 Å². The average Bonchev–Trinajstić information content (AvgIpc) is 3.59. The number of hydrogen-bond acceptors (Lipinski definition) is 8. The Balaban J connectivity index is 1.13. The monoisotopic (exact) mass is 598 g/mol. The van der Waals surface area contributed by atoms with E-state index in [2.05, 4.69) is 46.1 Å². The molecule has 37 heavy (non-hydrogen) atoms. The van der Waals surface area contributed by atoms with Crippen molar-refractivity contribution in [1.82, 2.24) is 34.3 Å². The van der Waals surface area contributed by atoms with Gasteiger partial charge in [0.05, 0.1) is 39.2 Å². The Morgan fingerprint density at radius 2 is 2.08 bits per heavy atom. The lowest BCUT2D eigenvalue weighted by molar-refractivity contribution is 0.421. The van der Waals surface area contributed by atoms with E-state index >= 15 is 0 Å². The normalized spacial score (nSPS) is 15.7. The molecule has 6 rings (SSSR count). The minimum absolute atomic E-state index is 0.175. The van der Waals surface area contributed by atoms with Crippen molar-refractivity contribution in [2.24, 2.45) is 0 Å². The Bertz CT molecular complexity index is 1710. The van der Waals surface area contributed by atoms with Crippen molar-refractivity contribution < 1.29 is 8.42 Å². The van der Waals surface area contributed by atoms with E-state index in [4.69, 9.17) is 0 Å². The number of rotatable bonds is 7. The molecule has 0 amide bonds. The average molecular weight is 600 g/mol. The maximum atomic E-state index is 13.1. The molecule has 0 aliphatic carbocycles. The van der Waals surface area contributed by atoms with Crippen LogP contribution in [0, 0.1) is 6.92 Å². The molecule has 4 heterocycles. The van der Waals surface area contributed by atoms with Crippen molar-refractivity contribution in [2.75, 3.05) is 5.32 Å². The zero-order chi connectivity index (χ0) is 25.6. The van der Waals surface area contributed by atoms with E-state index in [1.165, 1.54) is 11.3 Å². The van der Waals surface area contributed by atoms with Crippen LogP contribution in [0.15, 0.2) is 64.2 Å². The minimum atomic E-state index is -3.67. The van der Waals surface area contributed by atoms with E-state index in [1.807, 2.05) is 42.0 Å². The number of nitrogens with one attached hydrogen (secondary N) is 2. The van der Waals surface area contributed by atoms with Gasteiger partial charge in [0.2, 0.25) is 10.0 Å². The van der Waals surface area contributed by atoms with Gasteiger partial charge in [-0.3, -0.25) is 0 Å². The van der Waals surface area contributed by atoms with Crippen LogP contribution in [-0.2, 0) is 29.5 Å². The molecule has 0 saturated carbocycles. The number of anilines is 1. The number of imidazole rings is 1. The summed E-state index contributed by atoms with van der Waals surface area (Å²) in [6, 6.07) is 12.6. The second-order valence-corrected chi connectivity index (χ2v) is 12.6. The second-order valence-electron chi connectivity index (χ2n) is 8.92. The smallest absolute Gasteiger partial charge is 0.240 e. The van der Waals surface area contributed by atoms with Gasteiger partial charge < -0.3 is 9.88 Å². The van der Waals surface area contributed by atoms with Crippen LogP contribution in [0.3, 0.4) is 0 Å². The number of nitrogens with zero attached hydrogens (tertiary/aromatic N) is 6. The molecule has 13 heteroatoms. The molecular formula is C24H23BrN8O2S2. The SMILES string of the molecule is Cc1cn2c(n1)CCC(NS(=O)(=O)c1ccc3nc(NCc4cnn(-c5cccc(Br)c5)n4)sc3c1)C2. The molecule has 1 atom stereocenters. The first-order valence-electron chi connectivity index (χ1n) is 11.7. The Labute approximate surface area is 225 Å².